The third-order valence-electron chi connectivity index (χ3n) is 2.16. The molecule has 1 atom stereocenters. The van der Waals surface area contributed by atoms with E-state index in [9.17, 15) is 4.79 Å². The van der Waals surface area contributed by atoms with Crippen molar-refractivity contribution in [1.82, 2.24) is 0 Å². The van der Waals surface area contributed by atoms with Crippen molar-refractivity contribution in [2.24, 2.45) is 5.73 Å². The van der Waals surface area contributed by atoms with Gasteiger partial charge in [0.15, 0.2) is 0 Å². The summed E-state index contributed by atoms with van der Waals surface area (Å²) in [6, 6.07) is 0. The van der Waals surface area contributed by atoms with Crippen molar-refractivity contribution >= 4 is 5.97 Å². The Labute approximate surface area is 71.7 Å². The van der Waals surface area contributed by atoms with Crippen molar-refractivity contribution < 1.29 is 14.6 Å². The van der Waals surface area contributed by atoms with Crippen molar-refractivity contribution in [2.45, 2.75) is 37.8 Å². The monoisotopic (exact) mass is 173 g/mol. The molecule has 4 heteroatoms. The van der Waals surface area contributed by atoms with Crippen LogP contribution in [0.3, 0.4) is 0 Å². The molecule has 1 fully saturated rings. The summed E-state index contributed by atoms with van der Waals surface area (Å²) in [6.45, 7) is 1.57. The number of ether oxygens (including phenoxy) is 1. The van der Waals surface area contributed by atoms with Gasteiger partial charge in [-0.25, -0.2) is 0 Å². The highest BCUT2D eigenvalue weighted by molar-refractivity contribution is 5.77. The van der Waals surface area contributed by atoms with E-state index in [-0.39, 0.29) is 12.7 Å². The highest BCUT2D eigenvalue weighted by Crippen LogP contribution is 2.22. The van der Waals surface area contributed by atoms with Gasteiger partial charge in [-0.2, -0.15) is 0 Å². The summed E-state index contributed by atoms with van der Waals surface area (Å²) in [5.74, 6) is -1.01. The molecule has 0 aromatic carbocycles. The molecule has 0 aliphatic heterocycles. The van der Waals surface area contributed by atoms with E-state index in [4.69, 9.17) is 15.6 Å². The third kappa shape index (κ3) is 2.19. The Morgan fingerprint density at radius 1 is 1.75 bits per heavy atom. The lowest BCUT2D eigenvalue weighted by Crippen LogP contribution is -2.50. The number of carboxylic acid groups (broad SMARTS) is 1. The standard InChI is InChI=1S/C8H15NO3/c1-8(9,7(10)11)5-12-6-3-2-4-6/h6H,2-5,9H2,1H3,(H,10,11)/t8-/m0/s1. The number of hydrogen-bond acceptors (Lipinski definition) is 3. The van der Waals surface area contributed by atoms with Crippen molar-refractivity contribution in [2.75, 3.05) is 6.61 Å². The van der Waals surface area contributed by atoms with Gasteiger partial charge in [-0.1, -0.05) is 0 Å². The van der Waals surface area contributed by atoms with E-state index in [1.54, 1.807) is 0 Å². The predicted octanol–water partition coefficient (Wildman–Crippen LogP) is 0.357. The molecule has 0 heterocycles. The van der Waals surface area contributed by atoms with Crippen molar-refractivity contribution in [3.8, 4) is 0 Å². The van der Waals surface area contributed by atoms with Gasteiger partial charge < -0.3 is 15.6 Å². The number of hydrogen-bond donors (Lipinski definition) is 2. The van der Waals surface area contributed by atoms with E-state index in [1.165, 1.54) is 13.3 Å². The molecule has 0 aromatic rings. The van der Waals surface area contributed by atoms with Crippen molar-refractivity contribution in [3.63, 3.8) is 0 Å². The summed E-state index contributed by atoms with van der Waals surface area (Å²) < 4.78 is 5.30. The highest BCUT2D eigenvalue weighted by atomic mass is 16.5. The minimum atomic E-state index is -1.24. The van der Waals surface area contributed by atoms with Crippen molar-refractivity contribution in [1.29, 1.82) is 0 Å². The van der Waals surface area contributed by atoms with Crippen LogP contribution < -0.4 is 5.73 Å². The zero-order chi connectivity index (χ0) is 9.19. The smallest absolute Gasteiger partial charge is 0.325 e. The summed E-state index contributed by atoms with van der Waals surface area (Å²) in [4.78, 5) is 10.5. The Morgan fingerprint density at radius 3 is 2.67 bits per heavy atom. The molecule has 0 saturated heterocycles. The minimum absolute atomic E-state index is 0.104. The largest absolute Gasteiger partial charge is 0.480 e. The molecule has 0 amide bonds. The Balaban J connectivity index is 2.24. The second-order valence-corrected chi connectivity index (χ2v) is 3.59. The normalized spacial score (nSPS) is 22.8. The third-order valence-corrected chi connectivity index (χ3v) is 2.16. The van der Waals surface area contributed by atoms with Gasteiger partial charge in [0, 0.05) is 0 Å². The fourth-order valence-corrected chi connectivity index (χ4v) is 0.890. The molecule has 70 valence electrons. The molecule has 1 aliphatic rings. The van der Waals surface area contributed by atoms with E-state index in [1.807, 2.05) is 0 Å². The van der Waals surface area contributed by atoms with Crippen LogP contribution >= 0.6 is 0 Å². The lowest BCUT2D eigenvalue weighted by molar-refractivity contribution is -0.146. The van der Waals surface area contributed by atoms with Gasteiger partial charge >= 0.3 is 5.97 Å². The lowest BCUT2D eigenvalue weighted by atomic mass is 9.96. The second-order valence-electron chi connectivity index (χ2n) is 3.59. The Kier molecular flexibility index (Phi) is 2.69. The molecule has 4 nitrogen and oxygen atoms in total. The van der Waals surface area contributed by atoms with Gasteiger partial charge in [0.2, 0.25) is 0 Å². The molecular formula is C8H15NO3. The van der Waals surface area contributed by atoms with Crippen LogP contribution in [0.5, 0.6) is 0 Å². The van der Waals surface area contributed by atoms with Crippen LogP contribution in [0.2, 0.25) is 0 Å². The van der Waals surface area contributed by atoms with E-state index in [0.29, 0.717) is 0 Å². The maximum absolute atomic E-state index is 10.5. The topological polar surface area (TPSA) is 72.5 Å². The van der Waals surface area contributed by atoms with E-state index in [2.05, 4.69) is 0 Å². The van der Waals surface area contributed by atoms with Crippen molar-refractivity contribution in [3.05, 3.63) is 0 Å². The maximum atomic E-state index is 10.5. The fraction of sp³-hybridized carbons (Fsp3) is 0.875. The van der Waals surface area contributed by atoms with Gasteiger partial charge in [-0.15, -0.1) is 0 Å². The summed E-state index contributed by atoms with van der Waals surface area (Å²) >= 11 is 0. The molecule has 0 aromatic heterocycles. The zero-order valence-electron chi connectivity index (χ0n) is 7.25. The van der Waals surface area contributed by atoms with Crippen LogP contribution in [0.4, 0.5) is 0 Å². The molecular weight excluding hydrogens is 158 g/mol. The second kappa shape index (κ2) is 3.41. The van der Waals surface area contributed by atoms with Gasteiger partial charge in [0.05, 0.1) is 12.7 Å². The van der Waals surface area contributed by atoms with Crippen LogP contribution in [-0.4, -0.2) is 29.3 Å². The van der Waals surface area contributed by atoms with Crippen LogP contribution in [-0.2, 0) is 9.53 Å². The van der Waals surface area contributed by atoms with Crippen LogP contribution in [0, 0.1) is 0 Å². The summed E-state index contributed by atoms with van der Waals surface area (Å²) in [6.07, 6.45) is 3.50. The average molecular weight is 173 g/mol. The zero-order valence-corrected chi connectivity index (χ0v) is 7.25. The van der Waals surface area contributed by atoms with E-state index >= 15 is 0 Å². The Bertz CT molecular complexity index is 175. The van der Waals surface area contributed by atoms with Gasteiger partial charge in [0.25, 0.3) is 0 Å². The van der Waals surface area contributed by atoms with Crippen LogP contribution in [0.25, 0.3) is 0 Å². The molecule has 0 spiro atoms. The number of carboxylic acids is 1. The molecule has 3 N–H and O–H groups in total. The number of carbonyl (C=O) groups is 1. The van der Waals surface area contributed by atoms with Crippen LogP contribution in [0.15, 0.2) is 0 Å². The molecule has 0 unspecified atom stereocenters. The average Bonchev–Trinajstić information content (AvgIpc) is 1.83. The SMILES string of the molecule is C[C@](N)(COC1CCC1)C(=O)O. The Morgan fingerprint density at radius 2 is 2.33 bits per heavy atom. The molecule has 1 aliphatic carbocycles. The number of aliphatic carboxylic acids is 1. The quantitative estimate of drug-likeness (QED) is 0.643. The van der Waals surface area contributed by atoms with E-state index < -0.39 is 11.5 Å². The molecule has 0 radical (unpaired) electrons. The van der Waals surface area contributed by atoms with Gasteiger partial charge in [0.1, 0.15) is 5.54 Å². The first-order chi connectivity index (χ1) is 5.52. The molecule has 1 saturated carbocycles. The molecule has 0 bridgehead atoms. The summed E-state index contributed by atoms with van der Waals surface area (Å²) in [5, 5.41) is 8.64. The molecule has 12 heavy (non-hydrogen) atoms. The number of nitrogens with two attached hydrogens (primary N) is 1. The van der Waals surface area contributed by atoms with Gasteiger partial charge in [-0.05, 0) is 26.2 Å². The fourth-order valence-electron chi connectivity index (χ4n) is 0.890. The first kappa shape index (κ1) is 9.48. The lowest BCUT2D eigenvalue weighted by Gasteiger charge is -2.29. The summed E-state index contributed by atoms with van der Waals surface area (Å²) in [5.41, 5.74) is 4.22. The predicted molar refractivity (Wildman–Crippen MR) is 43.8 cm³/mol. The highest BCUT2D eigenvalue weighted by Gasteiger charge is 2.30. The van der Waals surface area contributed by atoms with E-state index in [0.717, 1.165) is 12.8 Å². The first-order valence-electron chi connectivity index (χ1n) is 4.16. The summed E-state index contributed by atoms with van der Waals surface area (Å²) in [7, 11) is 0. The number of rotatable bonds is 4. The first-order valence-corrected chi connectivity index (χ1v) is 4.16. The van der Waals surface area contributed by atoms with Crippen LogP contribution in [0.1, 0.15) is 26.2 Å². The minimum Gasteiger partial charge on any atom is -0.480 e. The Hall–Kier alpha value is -0.610. The van der Waals surface area contributed by atoms with Gasteiger partial charge in [-0.3, -0.25) is 4.79 Å². The maximum Gasteiger partial charge on any atom is 0.325 e. The molecule has 1 rings (SSSR count).